The molecule has 0 saturated heterocycles. The van der Waals surface area contributed by atoms with Gasteiger partial charge in [0.1, 0.15) is 10.7 Å². The summed E-state index contributed by atoms with van der Waals surface area (Å²) < 4.78 is 11.3. The molecule has 0 spiro atoms. The molecule has 3 aromatic rings. The number of nitrogens with zero attached hydrogens (tertiary/aromatic N) is 1. The molecule has 1 aromatic carbocycles. The van der Waals surface area contributed by atoms with Crippen molar-refractivity contribution in [3.05, 3.63) is 50.4 Å². The van der Waals surface area contributed by atoms with Crippen LogP contribution in [0.15, 0.2) is 23.0 Å². The fourth-order valence-corrected chi connectivity index (χ4v) is 4.42. The molecule has 0 aliphatic heterocycles. The zero-order valence-electron chi connectivity index (χ0n) is 19.5. The quantitative estimate of drug-likeness (QED) is 0.495. The van der Waals surface area contributed by atoms with Gasteiger partial charge in [0.2, 0.25) is 5.91 Å². The highest BCUT2D eigenvalue weighted by atomic mass is 32.1. The van der Waals surface area contributed by atoms with Crippen molar-refractivity contribution in [2.75, 3.05) is 13.7 Å². The number of ether oxygens (including phenoxy) is 2. The van der Waals surface area contributed by atoms with Crippen molar-refractivity contribution in [3.63, 3.8) is 0 Å². The van der Waals surface area contributed by atoms with Gasteiger partial charge in [0, 0.05) is 17.7 Å². The maximum Gasteiger partial charge on any atom is 0.259 e. The number of fused-ring (bicyclic) bond motifs is 1. The Hall–Kier alpha value is -2.87. The zero-order chi connectivity index (χ0) is 23.4. The highest BCUT2D eigenvalue weighted by Gasteiger charge is 2.15. The van der Waals surface area contributed by atoms with Crippen LogP contribution in [0.1, 0.15) is 55.1 Å². The average molecular weight is 458 g/mol. The summed E-state index contributed by atoms with van der Waals surface area (Å²) in [4.78, 5) is 34.1. The minimum atomic E-state index is -0.201. The average Bonchev–Trinajstić information content (AvgIpc) is 3.04. The van der Waals surface area contributed by atoms with Crippen LogP contribution in [-0.2, 0) is 11.2 Å². The number of carbonyl (C=O) groups is 1. The Bertz CT molecular complexity index is 1170. The molecule has 0 saturated carbocycles. The van der Waals surface area contributed by atoms with Crippen LogP contribution in [0.3, 0.4) is 0 Å². The molecular weight excluding hydrogens is 426 g/mol. The maximum absolute atomic E-state index is 12.5. The lowest BCUT2D eigenvalue weighted by atomic mass is 10.1. The Labute approximate surface area is 192 Å². The molecule has 0 aliphatic rings. The summed E-state index contributed by atoms with van der Waals surface area (Å²) in [6.07, 6.45) is 0.597. The molecule has 1 atom stereocenters. The number of amides is 1. The number of aromatic amines is 1. The fourth-order valence-electron chi connectivity index (χ4n) is 3.38. The van der Waals surface area contributed by atoms with Crippen molar-refractivity contribution in [1.29, 1.82) is 0 Å². The van der Waals surface area contributed by atoms with Gasteiger partial charge in [-0.05, 0) is 49.9 Å². The molecule has 2 N–H and O–H groups in total. The number of H-pyrrole nitrogens is 1. The second-order valence-electron chi connectivity index (χ2n) is 8.38. The molecule has 0 bridgehead atoms. The minimum Gasteiger partial charge on any atom is -0.493 e. The van der Waals surface area contributed by atoms with Crippen LogP contribution >= 0.6 is 11.3 Å². The molecule has 0 fully saturated rings. The predicted molar refractivity (Wildman–Crippen MR) is 128 cm³/mol. The van der Waals surface area contributed by atoms with Crippen molar-refractivity contribution in [3.8, 4) is 11.5 Å². The van der Waals surface area contributed by atoms with Gasteiger partial charge in [0.15, 0.2) is 11.5 Å². The summed E-state index contributed by atoms with van der Waals surface area (Å²) in [6.45, 7) is 10.6. The van der Waals surface area contributed by atoms with Crippen LogP contribution in [0.4, 0.5) is 0 Å². The number of nitrogens with one attached hydrogen (secondary N) is 2. The van der Waals surface area contributed by atoms with E-state index >= 15 is 0 Å². The Kier molecular flexibility index (Phi) is 7.56. The third-order valence-corrected chi connectivity index (χ3v) is 6.42. The molecule has 0 radical (unpaired) electrons. The second-order valence-corrected chi connectivity index (χ2v) is 9.58. The summed E-state index contributed by atoms with van der Waals surface area (Å²) in [5, 5.41) is 3.64. The molecule has 2 aromatic heterocycles. The second kappa shape index (κ2) is 10.2. The molecule has 32 heavy (non-hydrogen) atoms. The Balaban J connectivity index is 1.62. The van der Waals surface area contributed by atoms with E-state index in [4.69, 9.17) is 9.47 Å². The van der Waals surface area contributed by atoms with Gasteiger partial charge in [0.25, 0.3) is 5.56 Å². The molecule has 1 amide bonds. The number of aryl methyl sites for hydroxylation is 3. The molecule has 8 heteroatoms. The third kappa shape index (κ3) is 5.48. The molecule has 172 valence electrons. The number of hydrogen-bond donors (Lipinski definition) is 2. The molecule has 0 aliphatic carbocycles. The van der Waals surface area contributed by atoms with Crippen molar-refractivity contribution in [2.24, 2.45) is 5.92 Å². The van der Waals surface area contributed by atoms with Gasteiger partial charge >= 0.3 is 0 Å². The predicted octanol–water partition coefficient (Wildman–Crippen LogP) is 4.45. The number of methoxy groups -OCH3 is 1. The Morgan fingerprint density at radius 2 is 1.97 bits per heavy atom. The van der Waals surface area contributed by atoms with Crippen molar-refractivity contribution in [2.45, 2.75) is 53.5 Å². The van der Waals surface area contributed by atoms with E-state index in [0.29, 0.717) is 41.7 Å². The zero-order valence-corrected chi connectivity index (χ0v) is 20.3. The normalized spacial score (nSPS) is 12.2. The summed E-state index contributed by atoms with van der Waals surface area (Å²) in [6, 6.07) is 5.48. The highest BCUT2D eigenvalue weighted by Crippen LogP contribution is 2.31. The van der Waals surface area contributed by atoms with E-state index < -0.39 is 0 Å². The van der Waals surface area contributed by atoms with Gasteiger partial charge in [0.05, 0.1) is 25.1 Å². The first-order chi connectivity index (χ1) is 15.2. The lowest BCUT2D eigenvalue weighted by molar-refractivity contribution is -0.121. The van der Waals surface area contributed by atoms with Crippen molar-refractivity contribution < 1.29 is 14.3 Å². The van der Waals surface area contributed by atoms with E-state index in [1.54, 1.807) is 7.11 Å². The lowest BCUT2D eigenvalue weighted by Crippen LogP contribution is -2.27. The van der Waals surface area contributed by atoms with E-state index in [1.165, 1.54) is 11.3 Å². The summed E-state index contributed by atoms with van der Waals surface area (Å²) in [7, 11) is 1.60. The fraction of sp³-hybridized carbons (Fsp3) is 0.458. The van der Waals surface area contributed by atoms with Gasteiger partial charge in [-0.1, -0.05) is 19.9 Å². The highest BCUT2D eigenvalue weighted by molar-refractivity contribution is 7.18. The summed E-state index contributed by atoms with van der Waals surface area (Å²) in [5.41, 5.74) is 1.74. The number of thiophene rings is 1. The van der Waals surface area contributed by atoms with E-state index in [0.717, 1.165) is 20.8 Å². The first-order valence-electron chi connectivity index (χ1n) is 10.8. The van der Waals surface area contributed by atoms with E-state index in [-0.39, 0.29) is 23.9 Å². The molecule has 1 unspecified atom stereocenters. The Morgan fingerprint density at radius 1 is 1.22 bits per heavy atom. The van der Waals surface area contributed by atoms with Crippen LogP contribution in [0.25, 0.3) is 10.2 Å². The van der Waals surface area contributed by atoms with Gasteiger partial charge in [-0.2, -0.15) is 0 Å². The van der Waals surface area contributed by atoms with E-state index in [9.17, 15) is 9.59 Å². The molecule has 7 nitrogen and oxygen atoms in total. The largest absolute Gasteiger partial charge is 0.493 e. The van der Waals surface area contributed by atoms with Gasteiger partial charge in [-0.15, -0.1) is 11.3 Å². The van der Waals surface area contributed by atoms with E-state index in [2.05, 4.69) is 29.1 Å². The topological polar surface area (TPSA) is 93.3 Å². The summed E-state index contributed by atoms with van der Waals surface area (Å²) >= 11 is 1.50. The molecular formula is C24H31N3O4S. The Morgan fingerprint density at radius 3 is 2.66 bits per heavy atom. The van der Waals surface area contributed by atoms with Crippen LogP contribution in [0.5, 0.6) is 11.5 Å². The van der Waals surface area contributed by atoms with Crippen molar-refractivity contribution in [1.82, 2.24) is 15.3 Å². The lowest BCUT2D eigenvalue weighted by Gasteiger charge is -2.18. The third-order valence-electron chi connectivity index (χ3n) is 5.31. The maximum atomic E-state index is 12.5. The van der Waals surface area contributed by atoms with Gasteiger partial charge < -0.3 is 19.8 Å². The number of hydrogen-bond acceptors (Lipinski definition) is 6. The first-order valence-corrected chi connectivity index (χ1v) is 11.6. The standard InChI is InChI=1S/C24H31N3O4S/c1-13(2)12-31-18-8-7-17(11-19(18)30-6)15(4)25-21(28)10-9-20-26-23(29)22-14(3)16(5)32-24(22)27-20/h7-8,11,13,15H,9-10,12H2,1-6H3,(H,25,28)(H,26,27,29). The van der Waals surface area contributed by atoms with Crippen LogP contribution < -0.4 is 20.3 Å². The smallest absolute Gasteiger partial charge is 0.259 e. The summed E-state index contributed by atoms with van der Waals surface area (Å²) in [5.74, 6) is 2.15. The van der Waals surface area contributed by atoms with Crippen molar-refractivity contribution >= 4 is 27.5 Å². The number of aromatic nitrogens is 2. The monoisotopic (exact) mass is 457 g/mol. The minimum absolute atomic E-state index is 0.113. The van der Waals surface area contributed by atoms with Crippen LogP contribution in [0, 0.1) is 19.8 Å². The number of carbonyl (C=O) groups excluding carboxylic acids is 1. The van der Waals surface area contributed by atoms with Crippen LogP contribution in [0.2, 0.25) is 0 Å². The van der Waals surface area contributed by atoms with Gasteiger partial charge in [-0.3, -0.25) is 9.59 Å². The van der Waals surface area contributed by atoms with Crippen LogP contribution in [-0.4, -0.2) is 29.6 Å². The number of benzene rings is 1. The SMILES string of the molecule is COc1cc(C(C)NC(=O)CCc2nc3sc(C)c(C)c3c(=O)[nH]2)ccc1OCC(C)C. The molecule has 2 heterocycles. The van der Waals surface area contributed by atoms with Gasteiger partial charge in [-0.25, -0.2) is 4.98 Å². The van der Waals surface area contributed by atoms with E-state index in [1.807, 2.05) is 39.0 Å². The number of rotatable bonds is 9. The first kappa shape index (κ1) is 23.8. The molecule has 3 rings (SSSR count).